The molecule has 0 bridgehead atoms. The number of carbonyl (C=O) groups excluding carboxylic acids is 2. The Kier molecular flexibility index (Phi) is 7.08. The molecule has 2 N–H and O–H groups in total. The number of aromatic nitrogens is 2. The fourth-order valence-electron chi connectivity index (χ4n) is 2.71. The first-order valence-corrected chi connectivity index (χ1v) is 10.7. The summed E-state index contributed by atoms with van der Waals surface area (Å²) in [5, 5.41) is 16.5. The second-order valence-corrected chi connectivity index (χ2v) is 8.72. The van der Waals surface area contributed by atoms with Gasteiger partial charge in [0.25, 0.3) is 11.8 Å². The van der Waals surface area contributed by atoms with E-state index < -0.39 is 0 Å². The van der Waals surface area contributed by atoms with E-state index in [2.05, 4.69) is 34.7 Å². The van der Waals surface area contributed by atoms with Crippen LogP contribution in [0.25, 0.3) is 0 Å². The van der Waals surface area contributed by atoms with Gasteiger partial charge in [0.1, 0.15) is 5.01 Å². The summed E-state index contributed by atoms with van der Waals surface area (Å²) in [5.41, 5.74) is 0.991. The van der Waals surface area contributed by atoms with Gasteiger partial charge in [-0.2, -0.15) is 0 Å². The van der Waals surface area contributed by atoms with Crippen molar-refractivity contribution in [2.24, 2.45) is 5.92 Å². The maximum atomic E-state index is 12.8. The smallest absolute Gasteiger partial charge is 0.286 e. The van der Waals surface area contributed by atoms with Gasteiger partial charge in [0.05, 0.1) is 12.6 Å². The van der Waals surface area contributed by atoms with E-state index in [0.29, 0.717) is 22.9 Å². The van der Waals surface area contributed by atoms with Crippen molar-refractivity contribution in [2.45, 2.75) is 26.5 Å². The molecule has 0 unspecified atom stereocenters. The molecule has 152 valence electrons. The molecule has 9 heteroatoms. The number of ether oxygens (including phenoxy) is 1. The molecular formula is C20H22N4O3S2. The maximum absolute atomic E-state index is 12.8. The predicted octanol–water partition coefficient (Wildman–Crippen LogP) is 4.13. The number of amides is 2. The fourth-order valence-corrected chi connectivity index (χ4v) is 4.37. The van der Waals surface area contributed by atoms with Crippen molar-refractivity contribution >= 4 is 40.2 Å². The van der Waals surface area contributed by atoms with Gasteiger partial charge >= 0.3 is 0 Å². The summed E-state index contributed by atoms with van der Waals surface area (Å²) in [6.45, 7) is 4.45. The van der Waals surface area contributed by atoms with Gasteiger partial charge in [-0.15, -0.1) is 21.5 Å². The molecule has 1 atom stereocenters. The van der Waals surface area contributed by atoms with Crippen LogP contribution in [0.3, 0.4) is 0 Å². The van der Waals surface area contributed by atoms with Gasteiger partial charge in [0.2, 0.25) is 5.01 Å². The van der Waals surface area contributed by atoms with E-state index >= 15 is 0 Å². The number of hydrogen-bond donors (Lipinski definition) is 2. The first-order valence-electron chi connectivity index (χ1n) is 9.05. The molecule has 0 saturated carbocycles. The SMILES string of the molecule is COCc1nnc(C(=O)Nc2cccc(C(=O)N[C@H](c3cccs3)C(C)C)c2)s1. The highest BCUT2D eigenvalue weighted by molar-refractivity contribution is 7.13. The molecule has 0 aliphatic carbocycles. The van der Waals surface area contributed by atoms with Gasteiger partial charge in [0.15, 0.2) is 0 Å². The van der Waals surface area contributed by atoms with Crippen LogP contribution in [0.1, 0.15) is 49.9 Å². The Morgan fingerprint density at radius 2 is 1.97 bits per heavy atom. The molecular weight excluding hydrogens is 408 g/mol. The minimum atomic E-state index is -0.374. The van der Waals surface area contributed by atoms with Crippen molar-refractivity contribution in [1.29, 1.82) is 0 Å². The Labute approximate surface area is 177 Å². The van der Waals surface area contributed by atoms with Crippen LogP contribution in [-0.2, 0) is 11.3 Å². The quantitative estimate of drug-likeness (QED) is 0.561. The Balaban J connectivity index is 1.69. The number of hydrogen-bond acceptors (Lipinski definition) is 7. The van der Waals surface area contributed by atoms with Crippen LogP contribution in [0.5, 0.6) is 0 Å². The van der Waals surface area contributed by atoms with Crippen molar-refractivity contribution in [3.05, 3.63) is 62.2 Å². The molecule has 3 rings (SSSR count). The zero-order valence-corrected chi connectivity index (χ0v) is 18.0. The summed E-state index contributed by atoms with van der Waals surface area (Å²) in [6, 6.07) is 10.8. The molecule has 0 fully saturated rings. The Bertz CT molecular complexity index is 970. The van der Waals surface area contributed by atoms with E-state index in [9.17, 15) is 9.59 Å². The van der Waals surface area contributed by atoms with Crippen LogP contribution in [0.15, 0.2) is 41.8 Å². The summed E-state index contributed by atoms with van der Waals surface area (Å²) >= 11 is 2.79. The van der Waals surface area contributed by atoms with E-state index in [1.165, 1.54) is 11.3 Å². The molecule has 0 spiro atoms. The van der Waals surface area contributed by atoms with Crippen molar-refractivity contribution in [3.8, 4) is 0 Å². The van der Waals surface area contributed by atoms with Crippen LogP contribution in [0.4, 0.5) is 5.69 Å². The third-order valence-electron chi connectivity index (χ3n) is 4.11. The largest absolute Gasteiger partial charge is 0.377 e. The molecule has 2 amide bonds. The normalized spacial score (nSPS) is 12.0. The average Bonchev–Trinajstić information content (AvgIpc) is 3.38. The van der Waals surface area contributed by atoms with Crippen LogP contribution < -0.4 is 10.6 Å². The van der Waals surface area contributed by atoms with Crippen LogP contribution in [-0.4, -0.2) is 29.1 Å². The lowest BCUT2D eigenvalue weighted by molar-refractivity contribution is 0.0925. The molecule has 0 radical (unpaired) electrons. The average molecular weight is 431 g/mol. The zero-order chi connectivity index (χ0) is 20.8. The minimum Gasteiger partial charge on any atom is -0.377 e. The molecule has 1 aromatic carbocycles. The number of nitrogens with zero attached hydrogens (tertiary/aromatic N) is 2. The second kappa shape index (κ2) is 9.73. The lowest BCUT2D eigenvalue weighted by Gasteiger charge is -2.21. The van der Waals surface area contributed by atoms with E-state index in [4.69, 9.17) is 4.74 Å². The summed E-state index contributed by atoms with van der Waals surface area (Å²) in [6.07, 6.45) is 0. The van der Waals surface area contributed by atoms with E-state index in [1.54, 1.807) is 42.7 Å². The highest BCUT2D eigenvalue weighted by atomic mass is 32.1. The zero-order valence-electron chi connectivity index (χ0n) is 16.3. The van der Waals surface area contributed by atoms with E-state index in [1.807, 2.05) is 17.5 Å². The first-order chi connectivity index (χ1) is 14.0. The van der Waals surface area contributed by atoms with Crippen molar-refractivity contribution in [2.75, 3.05) is 12.4 Å². The summed E-state index contributed by atoms with van der Waals surface area (Å²) < 4.78 is 4.99. The first kappa shape index (κ1) is 21.1. The van der Waals surface area contributed by atoms with Gasteiger partial charge in [-0.3, -0.25) is 9.59 Å². The van der Waals surface area contributed by atoms with Crippen LogP contribution in [0.2, 0.25) is 0 Å². The summed E-state index contributed by atoms with van der Waals surface area (Å²) in [7, 11) is 1.56. The van der Waals surface area contributed by atoms with Gasteiger partial charge in [-0.25, -0.2) is 0 Å². The summed E-state index contributed by atoms with van der Waals surface area (Å²) in [5.74, 6) is -0.313. The van der Waals surface area contributed by atoms with Gasteiger partial charge in [-0.05, 0) is 35.6 Å². The molecule has 0 aliphatic heterocycles. The summed E-state index contributed by atoms with van der Waals surface area (Å²) in [4.78, 5) is 26.3. The topological polar surface area (TPSA) is 93.2 Å². The molecule has 2 heterocycles. The van der Waals surface area contributed by atoms with Crippen molar-refractivity contribution in [3.63, 3.8) is 0 Å². The molecule has 0 aliphatic rings. The van der Waals surface area contributed by atoms with Gasteiger partial charge < -0.3 is 15.4 Å². The monoisotopic (exact) mass is 430 g/mol. The molecule has 29 heavy (non-hydrogen) atoms. The number of anilines is 1. The molecule has 3 aromatic rings. The van der Waals surface area contributed by atoms with Gasteiger partial charge in [-0.1, -0.05) is 37.3 Å². The number of methoxy groups -OCH3 is 1. The second-order valence-electron chi connectivity index (χ2n) is 6.68. The fraction of sp³-hybridized carbons (Fsp3) is 0.300. The van der Waals surface area contributed by atoms with Gasteiger partial charge in [0, 0.05) is 23.2 Å². The van der Waals surface area contributed by atoms with E-state index in [-0.39, 0.29) is 28.8 Å². The highest BCUT2D eigenvalue weighted by Gasteiger charge is 2.20. The third kappa shape index (κ3) is 5.47. The maximum Gasteiger partial charge on any atom is 0.286 e. The standard InChI is InChI=1S/C20H22N4O3S2/c1-12(2)17(15-8-5-9-28-15)22-18(25)13-6-4-7-14(10-13)21-19(26)20-24-23-16(29-20)11-27-3/h4-10,12,17H,11H2,1-3H3,(H,21,26)(H,22,25)/t17-/m0/s1. The molecule has 0 saturated heterocycles. The number of carbonyl (C=O) groups is 2. The minimum absolute atomic E-state index is 0.0682. The molecule has 2 aromatic heterocycles. The molecule has 7 nitrogen and oxygen atoms in total. The van der Waals surface area contributed by atoms with Crippen molar-refractivity contribution in [1.82, 2.24) is 15.5 Å². The third-order valence-corrected chi connectivity index (χ3v) is 5.97. The predicted molar refractivity (Wildman–Crippen MR) is 114 cm³/mol. The van der Waals surface area contributed by atoms with E-state index in [0.717, 1.165) is 4.88 Å². The number of thiophene rings is 1. The number of rotatable bonds is 8. The Morgan fingerprint density at radius 3 is 2.66 bits per heavy atom. The lowest BCUT2D eigenvalue weighted by Crippen LogP contribution is -2.31. The Morgan fingerprint density at radius 1 is 1.14 bits per heavy atom. The number of nitrogens with one attached hydrogen (secondary N) is 2. The van der Waals surface area contributed by atoms with Crippen molar-refractivity contribution < 1.29 is 14.3 Å². The lowest BCUT2D eigenvalue weighted by atomic mass is 10.0. The Hall–Kier alpha value is -2.62. The van der Waals surface area contributed by atoms with Crippen LogP contribution >= 0.6 is 22.7 Å². The number of benzene rings is 1. The highest BCUT2D eigenvalue weighted by Crippen LogP contribution is 2.26. The van der Waals surface area contributed by atoms with Crippen LogP contribution in [0, 0.1) is 5.92 Å².